The van der Waals surface area contributed by atoms with Crippen LogP contribution in [0.25, 0.3) is 10.8 Å². The number of likely N-dealkylation sites (tertiary alicyclic amines) is 1. The van der Waals surface area contributed by atoms with E-state index in [4.69, 9.17) is 4.74 Å². The van der Waals surface area contributed by atoms with E-state index in [2.05, 4.69) is 39.8 Å². The van der Waals surface area contributed by atoms with E-state index < -0.39 is 5.54 Å². The molecule has 0 aliphatic carbocycles. The van der Waals surface area contributed by atoms with Gasteiger partial charge in [-0.2, -0.15) is 0 Å². The number of piperidine rings is 1. The van der Waals surface area contributed by atoms with Crippen LogP contribution in [0.4, 0.5) is 4.79 Å². The van der Waals surface area contributed by atoms with E-state index >= 15 is 0 Å². The van der Waals surface area contributed by atoms with Crippen molar-refractivity contribution in [1.82, 2.24) is 15.5 Å². The molecule has 3 amide bonds. The molecule has 2 aromatic carbocycles. The number of fused-ring (bicyclic) bond motifs is 1. The third-order valence-corrected chi connectivity index (χ3v) is 6.08. The Hall–Kier alpha value is -2.60. The van der Waals surface area contributed by atoms with Crippen LogP contribution in [-0.4, -0.2) is 42.6 Å². The van der Waals surface area contributed by atoms with E-state index in [1.165, 1.54) is 16.3 Å². The molecular weight excluding hydrogens is 342 g/mol. The van der Waals surface area contributed by atoms with E-state index in [0.29, 0.717) is 0 Å². The predicted octanol–water partition coefficient (Wildman–Crippen LogP) is 2.66. The molecular formula is C21H25N3O3. The number of nitrogens with one attached hydrogen (secondary N) is 2. The molecule has 2 aliphatic heterocycles. The van der Waals surface area contributed by atoms with Crippen molar-refractivity contribution < 1.29 is 14.3 Å². The lowest BCUT2D eigenvalue weighted by Gasteiger charge is -2.38. The molecule has 142 valence electrons. The number of methoxy groups -OCH3 is 1. The number of nitrogens with zero attached hydrogens (tertiary/aromatic N) is 1. The fraction of sp³-hybridized carbons (Fsp3) is 0.429. The summed E-state index contributed by atoms with van der Waals surface area (Å²) in [5, 5.41) is 7.62. The second-order valence-electron chi connectivity index (χ2n) is 7.63. The fourth-order valence-corrected chi connectivity index (χ4v) is 4.41. The van der Waals surface area contributed by atoms with E-state index in [1.54, 1.807) is 7.11 Å². The number of amides is 3. The molecule has 27 heavy (non-hydrogen) atoms. The highest BCUT2D eigenvalue weighted by molar-refractivity contribution is 6.07. The topological polar surface area (TPSA) is 70.7 Å². The molecule has 2 saturated heterocycles. The Balaban J connectivity index is 1.50. The van der Waals surface area contributed by atoms with Crippen LogP contribution in [0, 0.1) is 5.92 Å². The number of urea groups is 1. The Labute approximate surface area is 158 Å². The molecule has 2 heterocycles. The number of imide groups is 1. The van der Waals surface area contributed by atoms with Crippen LogP contribution in [0.2, 0.25) is 0 Å². The van der Waals surface area contributed by atoms with Crippen LogP contribution in [0.1, 0.15) is 25.3 Å². The molecule has 1 unspecified atom stereocenters. The first-order valence-electron chi connectivity index (χ1n) is 9.42. The van der Waals surface area contributed by atoms with Gasteiger partial charge in [-0.05, 0) is 55.6 Å². The second-order valence-corrected chi connectivity index (χ2v) is 7.63. The lowest BCUT2D eigenvalue weighted by atomic mass is 9.79. The van der Waals surface area contributed by atoms with Gasteiger partial charge in [0, 0.05) is 12.1 Å². The number of carbonyl (C=O) groups is 2. The van der Waals surface area contributed by atoms with Crippen molar-refractivity contribution in [2.24, 2.45) is 5.92 Å². The maximum Gasteiger partial charge on any atom is 0.322 e. The fourth-order valence-electron chi connectivity index (χ4n) is 4.41. The van der Waals surface area contributed by atoms with Gasteiger partial charge < -0.3 is 10.1 Å². The highest BCUT2D eigenvalue weighted by Gasteiger charge is 2.48. The maximum absolute atomic E-state index is 12.2. The van der Waals surface area contributed by atoms with Crippen LogP contribution in [-0.2, 0) is 11.3 Å². The van der Waals surface area contributed by atoms with Crippen molar-refractivity contribution >= 4 is 22.7 Å². The minimum atomic E-state index is -0.791. The minimum Gasteiger partial charge on any atom is -0.496 e. The highest BCUT2D eigenvalue weighted by Crippen LogP contribution is 2.33. The van der Waals surface area contributed by atoms with Crippen molar-refractivity contribution in [2.75, 3.05) is 20.2 Å². The monoisotopic (exact) mass is 367 g/mol. The summed E-state index contributed by atoms with van der Waals surface area (Å²) in [7, 11) is 1.71. The molecule has 6 heteroatoms. The quantitative estimate of drug-likeness (QED) is 0.815. The molecule has 0 bridgehead atoms. The number of hydrogen-bond donors (Lipinski definition) is 2. The van der Waals surface area contributed by atoms with Crippen molar-refractivity contribution in [1.29, 1.82) is 0 Å². The predicted molar refractivity (Wildman–Crippen MR) is 104 cm³/mol. The third kappa shape index (κ3) is 3.14. The molecule has 4 rings (SSSR count). The Kier molecular flexibility index (Phi) is 4.52. The van der Waals surface area contributed by atoms with Crippen molar-refractivity contribution in [3.05, 3.63) is 42.0 Å². The molecule has 2 aromatic rings. The molecule has 6 nitrogen and oxygen atoms in total. The Morgan fingerprint density at radius 2 is 1.89 bits per heavy atom. The SMILES string of the molecule is COc1ccc2ccccc2c1CN1CCC(C2(C)NC(=O)NC2=O)CC1. The Morgan fingerprint density at radius 3 is 2.56 bits per heavy atom. The molecule has 0 spiro atoms. The van der Waals surface area contributed by atoms with Gasteiger partial charge in [-0.25, -0.2) is 4.79 Å². The van der Waals surface area contributed by atoms with Crippen LogP contribution < -0.4 is 15.4 Å². The highest BCUT2D eigenvalue weighted by atomic mass is 16.5. The molecule has 0 aromatic heterocycles. The van der Waals surface area contributed by atoms with Gasteiger partial charge in [0.25, 0.3) is 5.91 Å². The summed E-state index contributed by atoms with van der Waals surface area (Å²) in [6, 6.07) is 12.1. The van der Waals surface area contributed by atoms with E-state index in [1.807, 2.05) is 19.1 Å². The van der Waals surface area contributed by atoms with Crippen molar-refractivity contribution in [2.45, 2.75) is 31.8 Å². The molecule has 2 N–H and O–H groups in total. The van der Waals surface area contributed by atoms with Crippen molar-refractivity contribution in [3.8, 4) is 5.75 Å². The van der Waals surface area contributed by atoms with E-state index in [0.717, 1.165) is 38.2 Å². The summed E-state index contributed by atoms with van der Waals surface area (Å²) in [6.07, 6.45) is 1.74. The summed E-state index contributed by atoms with van der Waals surface area (Å²) in [4.78, 5) is 26.1. The van der Waals surface area contributed by atoms with Gasteiger partial charge in [0.15, 0.2) is 0 Å². The van der Waals surface area contributed by atoms with Gasteiger partial charge in [-0.3, -0.25) is 15.0 Å². The normalized spacial score (nSPS) is 24.1. The number of hydrogen-bond acceptors (Lipinski definition) is 4. The third-order valence-electron chi connectivity index (χ3n) is 6.08. The molecule has 0 saturated carbocycles. The summed E-state index contributed by atoms with van der Waals surface area (Å²) >= 11 is 0. The summed E-state index contributed by atoms with van der Waals surface area (Å²) in [5.74, 6) is 0.849. The van der Waals surface area contributed by atoms with Crippen LogP contribution in [0.5, 0.6) is 5.75 Å². The summed E-state index contributed by atoms with van der Waals surface area (Å²) in [6.45, 7) is 4.42. The average Bonchev–Trinajstić information content (AvgIpc) is 2.95. The van der Waals surface area contributed by atoms with Crippen LogP contribution in [0.3, 0.4) is 0 Å². The molecule has 1 atom stereocenters. The first-order chi connectivity index (χ1) is 13.0. The number of ether oxygens (including phenoxy) is 1. The van der Waals surface area contributed by atoms with Gasteiger partial charge in [0.05, 0.1) is 7.11 Å². The average molecular weight is 367 g/mol. The van der Waals surface area contributed by atoms with Gasteiger partial charge in [0.2, 0.25) is 0 Å². The zero-order valence-electron chi connectivity index (χ0n) is 15.7. The lowest BCUT2D eigenvalue weighted by Crippen LogP contribution is -2.53. The van der Waals surface area contributed by atoms with E-state index in [-0.39, 0.29) is 17.9 Å². The van der Waals surface area contributed by atoms with E-state index in [9.17, 15) is 9.59 Å². The lowest BCUT2D eigenvalue weighted by molar-refractivity contribution is -0.125. The van der Waals surface area contributed by atoms with Gasteiger partial charge >= 0.3 is 6.03 Å². The zero-order chi connectivity index (χ0) is 19.0. The number of benzene rings is 2. The number of carbonyl (C=O) groups excluding carboxylic acids is 2. The summed E-state index contributed by atoms with van der Waals surface area (Å²) in [5.41, 5.74) is 0.410. The van der Waals surface area contributed by atoms with Gasteiger partial charge in [-0.15, -0.1) is 0 Å². The maximum atomic E-state index is 12.2. The first kappa shape index (κ1) is 17.8. The van der Waals surface area contributed by atoms with Crippen LogP contribution in [0.15, 0.2) is 36.4 Å². The van der Waals surface area contributed by atoms with Crippen molar-refractivity contribution in [3.63, 3.8) is 0 Å². The Morgan fingerprint density at radius 1 is 1.15 bits per heavy atom. The largest absolute Gasteiger partial charge is 0.496 e. The molecule has 2 aliphatic rings. The molecule has 2 fully saturated rings. The molecule has 0 radical (unpaired) electrons. The van der Waals surface area contributed by atoms with Crippen LogP contribution >= 0.6 is 0 Å². The summed E-state index contributed by atoms with van der Waals surface area (Å²) < 4.78 is 5.61. The minimum absolute atomic E-state index is 0.148. The standard InChI is InChI=1S/C21H25N3O3/c1-21(19(25)22-20(26)23-21)15-9-11-24(12-10-15)13-17-16-6-4-3-5-14(16)7-8-18(17)27-2/h3-8,15H,9-13H2,1-2H3,(H2,22,23,25,26). The van der Waals surface area contributed by atoms with Gasteiger partial charge in [-0.1, -0.05) is 30.3 Å². The number of rotatable bonds is 4. The second kappa shape index (κ2) is 6.85. The Bertz CT molecular complexity index is 889. The van der Waals surface area contributed by atoms with Gasteiger partial charge in [0.1, 0.15) is 11.3 Å². The zero-order valence-corrected chi connectivity index (χ0v) is 15.7. The smallest absolute Gasteiger partial charge is 0.322 e. The first-order valence-corrected chi connectivity index (χ1v) is 9.42.